The molecule has 17 heteroatoms. The largest absolute Gasteiger partial charge is 0.466 e. The van der Waals surface area contributed by atoms with Gasteiger partial charge in [-0.3, -0.25) is 4.79 Å². The van der Waals surface area contributed by atoms with Gasteiger partial charge in [-0.1, -0.05) is 6.58 Å². The van der Waals surface area contributed by atoms with Crippen LogP contribution >= 0.6 is 0 Å². The van der Waals surface area contributed by atoms with Gasteiger partial charge in [-0.15, -0.1) is 0 Å². The summed E-state index contributed by atoms with van der Waals surface area (Å²) in [5.74, 6) is -37.7. The van der Waals surface area contributed by atoms with E-state index in [-0.39, 0.29) is 19.4 Å². The number of ether oxygens (including phenoxy) is 3. The summed E-state index contributed by atoms with van der Waals surface area (Å²) in [6.45, 7) is -0.591. The van der Waals surface area contributed by atoms with Gasteiger partial charge in [-0.05, 0) is 6.42 Å². The lowest BCUT2D eigenvalue weighted by Gasteiger charge is -2.40. The maximum absolute atomic E-state index is 13.5. The summed E-state index contributed by atoms with van der Waals surface area (Å²) in [5.41, 5.74) is 0. The molecule has 34 heavy (non-hydrogen) atoms. The summed E-state index contributed by atoms with van der Waals surface area (Å²) in [7, 11) is 0. The average Bonchev–Trinajstić information content (AvgIpc) is 2.69. The van der Waals surface area contributed by atoms with Crippen molar-refractivity contribution < 1.29 is 76.5 Å². The lowest BCUT2D eigenvalue weighted by Crippen LogP contribution is -2.70. The predicted molar refractivity (Wildman–Crippen MR) is 87.3 cm³/mol. The fourth-order valence-corrected chi connectivity index (χ4v) is 1.91. The molecule has 0 unspecified atom stereocenters. The molecule has 200 valence electrons. The molecule has 5 nitrogen and oxygen atoms in total. The molecule has 0 aliphatic heterocycles. The standard InChI is InChI=1S/C17H18F12O5/c1-3-10(30)32-7-4-6-11(31)33-8-5-9-34-17(28,29)16(26,27)15(24,25)14(22,23)13(20,21)12(2,18)19/h3H,1,4-9H2,2H3. The summed E-state index contributed by atoms with van der Waals surface area (Å²) < 4.78 is 171. The van der Waals surface area contributed by atoms with Gasteiger partial charge in [0, 0.05) is 25.8 Å². The zero-order chi connectivity index (χ0) is 27.2. The molecule has 0 N–H and O–H groups in total. The van der Waals surface area contributed by atoms with Gasteiger partial charge in [0.15, 0.2) is 0 Å². The van der Waals surface area contributed by atoms with E-state index in [1.54, 1.807) is 0 Å². The van der Waals surface area contributed by atoms with Gasteiger partial charge in [0.1, 0.15) is 0 Å². The highest BCUT2D eigenvalue weighted by atomic mass is 19.4. The highest BCUT2D eigenvalue weighted by molar-refractivity contribution is 5.81. The minimum Gasteiger partial charge on any atom is -0.466 e. The second-order valence-electron chi connectivity index (χ2n) is 6.60. The van der Waals surface area contributed by atoms with Crippen molar-refractivity contribution in [3.8, 4) is 0 Å². The summed E-state index contributed by atoms with van der Waals surface area (Å²) in [6.07, 6.45) is -6.99. The third-order valence-corrected chi connectivity index (χ3v) is 3.87. The first-order valence-electron chi connectivity index (χ1n) is 8.95. The molecule has 0 spiro atoms. The van der Waals surface area contributed by atoms with Gasteiger partial charge >= 0.3 is 47.7 Å². The SMILES string of the molecule is C=CC(=O)OCCCC(=O)OCCCOC(F)(F)C(F)(F)C(F)(F)C(F)(F)C(F)(F)C(C)(F)F. The van der Waals surface area contributed by atoms with Crippen LogP contribution in [0.5, 0.6) is 0 Å². The summed E-state index contributed by atoms with van der Waals surface area (Å²) in [4.78, 5) is 22.0. The average molecular weight is 530 g/mol. The molecule has 0 radical (unpaired) electrons. The van der Waals surface area contributed by atoms with Gasteiger partial charge in [0.25, 0.3) is 0 Å². The minimum atomic E-state index is -7.70. The molecule has 0 aromatic carbocycles. The smallest absolute Gasteiger partial charge is 0.426 e. The molecule has 0 aliphatic rings. The summed E-state index contributed by atoms with van der Waals surface area (Å²) in [6, 6.07) is 0. The van der Waals surface area contributed by atoms with Crippen LogP contribution in [0.15, 0.2) is 12.7 Å². The monoisotopic (exact) mass is 530 g/mol. The minimum absolute atomic E-state index is 0.0516. The van der Waals surface area contributed by atoms with Gasteiger partial charge in [0.05, 0.1) is 19.8 Å². The number of hydrogen-bond donors (Lipinski definition) is 0. The Morgan fingerprint density at radius 2 is 1.18 bits per heavy atom. The van der Waals surface area contributed by atoms with Crippen LogP contribution in [0.2, 0.25) is 0 Å². The van der Waals surface area contributed by atoms with E-state index in [1.807, 2.05) is 0 Å². The molecule has 0 aromatic rings. The third-order valence-electron chi connectivity index (χ3n) is 3.87. The lowest BCUT2D eigenvalue weighted by molar-refractivity contribution is -0.456. The zero-order valence-electron chi connectivity index (χ0n) is 17.1. The molecule has 0 atom stereocenters. The number of halogens is 12. The first kappa shape index (κ1) is 31.8. The van der Waals surface area contributed by atoms with E-state index >= 15 is 0 Å². The number of carbonyl (C=O) groups excluding carboxylic acids is 2. The fourth-order valence-electron chi connectivity index (χ4n) is 1.91. The molecular formula is C17H18F12O5. The van der Waals surface area contributed by atoms with Crippen molar-refractivity contribution >= 4 is 11.9 Å². The topological polar surface area (TPSA) is 61.8 Å². The Balaban J connectivity index is 4.94. The Kier molecular flexibility index (Phi) is 10.3. The van der Waals surface area contributed by atoms with Crippen molar-refractivity contribution in [2.24, 2.45) is 0 Å². The molecule has 0 aliphatic carbocycles. The van der Waals surface area contributed by atoms with E-state index in [2.05, 4.69) is 20.8 Å². The quantitative estimate of drug-likeness (QED) is 0.126. The maximum Gasteiger partial charge on any atom is 0.426 e. The van der Waals surface area contributed by atoms with Crippen LogP contribution in [-0.2, 0) is 23.8 Å². The first-order chi connectivity index (χ1) is 15.1. The Morgan fingerprint density at radius 3 is 1.65 bits per heavy atom. The summed E-state index contributed by atoms with van der Waals surface area (Å²) >= 11 is 0. The van der Waals surface area contributed by atoms with E-state index < -0.39 is 74.2 Å². The van der Waals surface area contributed by atoms with Crippen LogP contribution in [0.3, 0.4) is 0 Å². The van der Waals surface area contributed by atoms with Crippen LogP contribution in [0.25, 0.3) is 0 Å². The van der Waals surface area contributed by atoms with Gasteiger partial charge in [-0.25, -0.2) is 4.79 Å². The van der Waals surface area contributed by atoms with Crippen molar-refractivity contribution in [1.82, 2.24) is 0 Å². The number of hydrogen-bond acceptors (Lipinski definition) is 5. The molecule has 0 aromatic heterocycles. The van der Waals surface area contributed by atoms with E-state index in [0.29, 0.717) is 0 Å². The highest BCUT2D eigenvalue weighted by Gasteiger charge is 2.90. The van der Waals surface area contributed by atoms with Crippen LogP contribution in [0.1, 0.15) is 26.2 Å². The van der Waals surface area contributed by atoms with Crippen molar-refractivity contribution in [1.29, 1.82) is 0 Å². The maximum atomic E-state index is 13.5. The molecule has 0 fully saturated rings. The van der Waals surface area contributed by atoms with E-state index in [0.717, 1.165) is 6.08 Å². The van der Waals surface area contributed by atoms with Crippen molar-refractivity contribution in [2.45, 2.75) is 61.9 Å². The van der Waals surface area contributed by atoms with Gasteiger partial charge in [0.2, 0.25) is 0 Å². The van der Waals surface area contributed by atoms with Crippen molar-refractivity contribution in [3.05, 3.63) is 12.7 Å². The van der Waals surface area contributed by atoms with Gasteiger partial charge in [-0.2, -0.15) is 52.7 Å². The lowest BCUT2D eigenvalue weighted by atomic mass is 9.94. The molecule has 0 saturated carbocycles. The number of rotatable bonds is 15. The molecule has 0 saturated heterocycles. The third kappa shape index (κ3) is 6.69. The van der Waals surface area contributed by atoms with Gasteiger partial charge < -0.3 is 14.2 Å². The Bertz CT molecular complexity index is 718. The van der Waals surface area contributed by atoms with Crippen LogP contribution in [0.4, 0.5) is 52.7 Å². The highest BCUT2D eigenvalue weighted by Crippen LogP contribution is 2.60. The van der Waals surface area contributed by atoms with Crippen LogP contribution in [0, 0.1) is 0 Å². The first-order valence-corrected chi connectivity index (χ1v) is 8.95. The van der Waals surface area contributed by atoms with Crippen LogP contribution < -0.4 is 0 Å². The van der Waals surface area contributed by atoms with E-state index in [9.17, 15) is 62.3 Å². The molecule has 0 heterocycles. The summed E-state index contributed by atoms with van der Waals surface area (Å²) in [5, 5.41) is 0. The van der Waals surface area contributed by atoms with Crippen molar-refractivity contribution in [3.63, 3.8) is 0 Å². The predicted octanol–water partition coefficient (Wildman–Crippen LogP) is 5.23. The number of carbonyl (C=O) groups is 2. The van der Waals surface area contributed by atoms with Crippen LogP contribution in [-0.4, -0.2) is 67.5 Å². The molecule has 0 rings (SSSR count). The van der Waals surface area contributed by atoms with Crippen molar-refractivity contribution in [2.75, 3.05) is 19.8 Å². The Morgan fingerprint density at radius 1 is 0.706 bits per heavy atom. The Labute approximate surface area is 184 Å². The zero-order valence-corrected chi connectivity index (χ0v) is 17.1. The second-order valence-corrected chi connectivity index (χ2v) is 6.60. The fraction of sp³-hybridized carbons (Fsp3) is 0.765. The van der Waals surface area contributed by atoms with E-state index in [1.165, 1.54) is 0 Å². The molecular weight excluding hydrogens is 512 g/mol. The number of alkyl halides is 12. The molecule has 0 bridgehead atoms. The Hall–Kier alpha value is -2.20. The number of esters is 2. The molecule has 0 amide bonds. The van der Waals surface area contributed by atoms with E-state index in [4.69, 9.17) is 0 Å². The normalized spacial score (nSPS) is 14.0. The second kappa shape index (κ2) is 11.0.